The van der Waals surface area contributed by atoms with Crippen LogP contribution in [-0.2, 0) is 4.84 Å². The highest BCUT2D eigenvalue weighted by atomic mass is 32.1. The third-order valence-electron chi connectivity index (χ3n) is 1.16. The van der Waals surface area contributed by atoms with Crippen LogP contribution < -0.4 is 5.56 Å². The molecule has 12 heavy (non-hydrogen) atoms. The molecule has 0 amide bonds. The van der Waals surface area contributed by atoms with Crippen molar-refractivity contribution in [2.45, 2.75) is 0 Å². The molecule has 64 valence electrons. The van der Waals surface area contributed by atoms with Gasteiger partial charge in [0.15, 0.2) is 4.77 Å². The summed E-state index contributed by atoms with van der Waals surface area (Å²) in [5.74, 6) is 0. The maximum atomic E-state index is 11.1. The van der Waals surface area contributed by atoms with Gasteiger partial charge in [0, 0.05) is 12.3 Å². The highest BCUT2D eigenvalue weighted by Crippen LogP contribution is 1.78. The third kappa shape index (κ3) is 1.79. The number of nitrogens with one attached hydrogen (secondary N) is 1. The number of oxime groups is 1. The zero-order valence-corrected chi connectivity index (χ0v) is 7.17. The van der Waals surface area contributed by atoms with Crippen molar-refractivity contribution in [3.63, 3.8) is 0 Å². The first-order valence-electron chi connectivity index (χ1n) is 3.12. The molecule has 0 saturated heterocycles. The van der Waals surface area contributed by atoms with Gasteiger partial charge in [-0.1, -0.05) is 5.16 Å². The van der Waals surface area contributed by atoms with E-state index in [0.29, 0.717) is 0 Å². The van der Waals surface area contributed by atoms with Crippen LogP contribution in [0.2, 0.25) is 0 Å². The van der Waals surface area contributed by atoms with Gasteiger partial charge >= 0.3 is 0 Å². The minimum Gasteiger partial charge on any atom is -0.398 e. The smallest absolute Gasteiger partial charge is 0.259 e. The van der Waals surface area contributed by atoms with Crippen LogP contribution in [0.1, 0.15) is 0 Å². The number of H-pyrrole nitrogens is 1. The average Bonchev–Trinajstić information content (AvgIpc) is 2.04. The van der Waals surface area contributed by atoms with Crippen LogP contribution in [0.25, 0.3) is 0 Å². The van der Waals surface area contributed by atoms with Gasteiger partial charge in [0.1, 0.15) is 13.4 Å². The molecule has 0 bridgehead atoms. The first-order chi connectivity index (χ1) is 5.75. The number of aromatic amines is 1. The molecule has 0 spiro atoms. The number of hydrogen-bond acceptors (Lipinski definition) is 4. The first-order valence-corrected chi connectivity index (χ1v) is 3.53. The molecule has 1 rings (SSSR count). The zero-order chi connectivity index (χ0) is 8.97. The quantitative estimate of drug-likeness (QED) is 0.313. The molecule has 0 aliphatic heterocycles. The van der Waals surface area contributed by atoms with E-state index in [1.807, 2.05) is 0 Å². The van der Waals surface area contributed by atoms with Crippen LogP contribution in [-0.4, -0.2) is 23.0 Å². The minimum absolute atomic E-state index is 0.250. The molecule has 6 heteroatoms. The molecular weight excluding hydrogens is 178 g/mol. The van der Waals surface area contributed by atoms with Crippen molar-refractivity contribution in [2.75, 3.05) is 7.11 Å². The van der Waals surface area contributed by atoms with Gasteiger partial charge < -0.3 is 9.82 Å². The second kappa shape index (κ2) is 3.82. The lowest BCUT2D eigenvalue weighted by atomic mass is 10.6. The van der Waals surface area contributed by atoms with E-state index in [9.17, 15) is 4.79 Å². The standard InChI is InChI=1S/C6H7N3O2S/c1-11-8-4-9-5(10)2-3-7-6(9)12/h2-4H,1H3,(H,7,12). The van der Waals surface area contributed by atoms with Gasteiger partial charge in [-0.2, -0.15) is 0 Å². The Hall–Kier alpha value is -1.43. The maximum Gasteiger partial charge on any atom is 0.259 e. The van der Waals surface area contributed by atoms with Gasteiger partial charge in [-0.05, 0) is 12.2 Å². The van der Waals surface area contributed by atoms with Crippen molar-refractivity contribution in [3.8, 4) is 0 Å². The molecule has 0 aromatic carbocycles. The summed E-state index contributed by atoms with van der Waals surface area (Å²) in [5.41, 5.74) is -0.250. The lowest BCUT2D eigenvalue weighted by Gasteiger charge is -1.94. The highest BCUT2D eigenvalue weighted by molar-refractivity contribution is 7.71. The number of nitrogens with zero attached hydrogens (tertiary/aromatic N) is 2. The van der Waals surface area contributed by atoms with Crippen LogP contribution in [0.5, 0.6) is 0 Å². The molecular formula is C6H7N3O2S. The van der Waals surface area contributed by atoms with Crippen LogP contribution >= 0.6 is 12.2 Å². The Morgan fingerprint density at radius 2 is 2.58 bits per heavy atom. The molecule has 0 fully saturated rings. The molecule has 0 radical (unpaired) electrons. The molecule has 1 aromatic rings. The number of rotatable bonds is 2. The Balaban J connectivity index is 3.23. The third-order valence-corrected chi connectivity index (χ3v) is 1.47. The summed E-state index contributed by atoms with van der Waals surface area (Å²) in [5, 5.41) is 3.42. The van der Waals surface area contributed by atoms with E-state index in [1.165, 1.54) is 30.3 Å². The Morgan fingerprint density at radius 1 is 1.83 bits per heavy atom. The van der Waals surface area contributed by atoms with Crippen LogP contribution in [0.3, 0.4) is 0 Å². The molecule has 1 N–H and O–H groups in total. The summed E-state index contributed by atoms with van der Waals surface area (Å²) in [6, 6.07) is 1.34. The Bertz CT molecular complexity index is 364. The topological polar surface area (TPSA) is 59.4 Å². The lowest BCUT2D eigenvalue weighted by molar-refractivity contribution is 0.214. The summed E-state index contributed by atoms with van der Waals surface area (Å²) in [6.45, 7) is 0. The summed E-state index contributed by atoms with van der Waals surface area (Å²) in [7, 11) is 1.39. The molecule has 1 heterocycles. The van der Waals surface area contributed by atoms with Gasteiger partial charge in [-0.15, -0.1) is 0 Å². The predicted molar refractivity (Wildman–Crippen MR) is 46.8 cm³/mol. The summed E-state index contributed by atoms with van der Waals surface area (Å²) in [4.78, 5) is 18.2. The number of aromatic nitrogens is 2. The summed E-state index contributed by atoms with van der Waals surface area (Å²) < 4.78 is 1.45. The molecule has 1 aromatic heterocycles. The van der Waals surface area contributed by atoms with Gasteiger partial charge in [-0.3, -0.25) is 4.79 Å². The van der Waals surface area contributed by atoms with Crippen molar-refractivity contribution in [3.05, 3.63) is 27.4 Å². The first kappa shape index (κ1) is 8.66. The van der Waals surface area contributed by atoms with Gasteiger partial charge in [0.25, 0.3) is 5.56 Å². The fourth-order valence-corrected chi connectivity index (χ4v) is 0.843. The fourth-order valence-electron chi connectivity index (χ4n) is 0.638. The van der Waals surface area contributed by atoms with Crippen molar-refractivity contribution in [2.24, 2.45) is 5.16 Å². The van der Waals surface area contributed by atoms with E-state index < -0.39 is 0 Å². The normalized spacial score (nSPS) is 10.4. The SMILES string of the molecule is CON=Cn1c(=O)cc[nH]c1=S. The molecule has 0 saturated carbocycles. The molecule has 0 aliphatic rings. The Kier molecular flexibility index (Phi) is 2.76. The largest absolute Gasteiger partial charge is 0.398 e. The molecule has 0 unspecified atom stereocenters. The van der Waals surface area contributed by atoms with E-state index in [1.54, 1.807) is 0 Å². The second-order valence-electron chi connectivity index (χ2n) is 1.89. The molecule has 0 aliphatic carbocycles. The van der Waals surface area contributed by atoms with E-state index in [-0.39, 0.29) is 10.3 Å². The van der Waals surface area contributed by atoms with Crippen LogP contribution in [0.4, 0.5) is 0 Å². The predicted octanol–water partition coefficient (Wildman–Crippen LogP) is 0.344. The summed E-state index contributed by atoms with van der Waals surface area (Å²) >= 11 is 4.81. The maximum absolute atomic E-state index is 11.1. The van der Waals surface area contributed by atoms with Crippen LogP contribution in [0, 0.1) is 4.77 Å². The van der Waals surface area contributed by atoms with Gasteiger partial charge in [-0.25, -0.2) is 4.57 Å². The second-order valence-corrected chi connectivity index (χ2v) is 2.28. The Morgan fingerprint density at radius 3 is 3.17 bits per heavy atom. The van der Waals surface area contributed by atoms with E-state index in [0.717, 1.165) is 0 Å². The van der Waals surface area contributed by atoms with E-state index in [4.69, 9.17) is 12.2 Å². The fraction of sp³-hybridized carbons (Fsp3) is 0.167. The van der Waals surface area contributed by atoms with Crippen molar-refractivity contribution in [1.82, 2.24) is 9.55 Å². The van der Waals surface area contributed by atoms with E-state index in [2.05, 4.69) is 15.0 Å². The number of hydrogen-bond donors (Lipinski definition) is 1. The van der Waals surface area contributed by atoms with Gasteiger partial charge in [0.05, 0.1) is 0 Å². The zero-order valence-electron chi connectivity index (χ0n) is 6.35. The van der Waals surface area contributed by atoms with Crippen molar-refractivity contribution in [1.29, 1.82) is 0 Å². The minimum atomic E-state index is -0.250. The lowest BCUT2D eigenvalue weighted by Crippen LogP contribution is -2.19. The summed E-state index contributed by atoms with van der Waals surface area (Å²) in [6.07, 6.45) is 2.68. The van der Waals surface area contributed by atoms with Crippen molar-refractivity contribution < 1.29 is 4.84 Å². The van der Waals surface area contributed by atoms with Crippen molar-refractivity contribution >= 4 is 18.6 Å². The average molecular weight is 185 g/mol. The van der Waals surface area contributed by atoms with Crippen LogP contribution in [0.15, 0.2) is 22.2 Å². The van der Waals surface area contributed by atoms with Gasteiger partial charge in [0.2, 0.25) is 0 Å². The molecule has 5 nitrogen and oxygen atoms in total. The highest BCUT2D eigenvalue weighted by Gasteiger charge is 1.91. The van der Waals surface area contributed by atoms with E-state index >= 15 is 0 Å². The molecule has 0 atom stereocenters. The monoisotopic (exact) mass is 185 g/mol. The Labute approximate surface area is 73.3 Å².